The molecular formula is C14H10Cl2N2O2. The Labute approximate surface area is 126 Å². The van der Waals surface area contributed by atoms with Crippen LogP contribution >= 0.6 is 23.2 Å². The van der Waals surface area contributed by atoms with Gasteiger partial charge in [-0.15, -0.1) is 0 Å². The van der Waals surface area contributed by atoms with Crippen molar-refractivity contribution in [1.82, 2.24) is 0 Å². The Morgan fingerprint density at radius 3 is 1.20 bits per heavy atom. The molecule has 20 heavy (non-hydrogen) atoms. The highest BCUT2D eigenvalue weighted by Gasteiger charge is 2.04. The number of hydrogen-bond donors (Lipinski definition) is 2. The van der Waals surface area contributed by atoms with E-state index in [0.29, 0.717) is 0 Å². The van der Waals surface area contributed by atoms with Crippen molar-refractivity contribution < 1.29 is 9.59 Å². The molecule has 0 aliphatic rings. The summed E-state index contributed by atoms with van der Waals surface area (Å²) in [5.74, 6) is 0. The number of halogens is 2. The van der Waals surface area contributed by atoms with Gasteiger partial charge in [0.25, 0.3) is 0 Å². The third-order valence-corrected chi connectivity index (χ3v) is 2.70. The second kappa shape index (κ2) is 10.7. The first-order chi connectivity index (χ1) is 9.62. The van der Waals surface area contributed by atoms with Gasteiger partial charge in [0.15, 0.2) is 0 Å². The molecule has 2 aromatic rings. The third-order valence-electron chi connectivity index (χ3n) is 2.04. The van der Waals surface area contributed by atoms with Gasteiger partial charge in [0.2, 0.25) is 12.2 Å². The molecule has 0 aliphatic carbocycles. The van der Waals surface area contributed by atoms with Crippen LogP contribution in [0.2, 0.25) is 10.0 Å². The molecule has 0 amide bonds. The van der Waals surface area contributed by atoms with Gasteiger partial charge in [0.05, 0.1) is 0 Å². The summed E-state index contributed by atoms with van der Waals surface area (Å²) >= 11 is 12.1. The third kappa shape index (κ3) is 6.10. The van der Waals surface area contributed by atoms with Crippen LogP contribution in [0.3, 0.4) is 0 Å². The minimum atomic E-state index is 0.723. The van der Waals surface area contributed by atoms with Gasteiger partial charge in [-0.1, -0.05) is 59.6 Å². The molecule has 102 valence electrons. The molecule has 6 heteroatoms. The number of hydrogen-bond acceptors (Lipinski definition) is 4. The predicted octanol–water partition coefficient (Wildman–Crippen LogP) is 4.46. The van der Waals surface area contributed by atoms with E-state index in [0.717, 1.165) is 33.3 Å². The van der Waals surface area contributed by atoms with Crippen molar-refractivity contribution in [2.75, 3.05) is 0 Å². The Hall–Kier alpha value is -2.22. The van der Waals surface area contributed by atoms with Crippen LogP contribution in [0.15, 0.2) is 48.5 Å². The van der Waals surface area contributed by atoms with Crippen molar-refractivity contribution in [3.05, 3.63) is 58.6 Å². The molecule has 0 aromatic heterocycles. The zero-order chi connectivity index (χ0) is 15.4. The number of nitrogens with one attached hydrogen (secondary N) is 2. The van der Waals surface area contributed by atoms with Crippen molar-refractivity contribution in [3.8, 4) is 11.1 Å². The Bertz CT molecular complexity index is 563. The van der Waals surface area contributed by atoms with Gasteiger partial charge in [0.1, 0.15) is 0 Å². The molecule has 0 bridgehead atoms. The van der Waals surface area contributed by atoms with E-state index in [-0.39, 0.29) is 0 Å². The molecular weight excluding hydrogens is 299 g/mol. The fraction of sp³-hybridized carbons (Fsp3) is 0. The molecule has 0 unspecified atom stereocenters. The molecule has 2 aromatic carbocycles. The van der Waals surface area contributed by atoms with E-state index in [1.54, 1.807) is 0 Å². The number of benzene rings is 2. The van der Waals surface area contributed by atoms with Crippen LogP contribution in [0, 0.1) is 10.8 Å². The normalized spacial score (nSPS) is 7.90. The van der Waals surface area contributed by atoms with Crippen LogP contribution in [0.4, 0.5) is 0 Å². The largest absolute Gasteiger partial charge is 0.231 e. The molecule has 0 radical (unpaired) electrons. The van der Waals surface area contributed by atoms with Crippen molar-refractivity contribution in [1.29, 1.82) is 10.8 Å². The fourth-order valence-corrected chi connectivity index (χ4v) is 1.83. The topological polar surface area (TPSA) is 81.8 Å². The monoisotopic (exact) mass is 308 g/mol. The first kappa shape index (κ1) is 17.8. The Morgan fingerprint density at radius 1 is 0.700 bits per heavy atom. The molecule has 0 spiro atoms. The summed E-state index contributed by atoms with van der Waals surface area (Å²) in [6, 6.07) is 15.4. The van der Waals surface area contributed by atoms with Gasteiger partial charge >= 0.3 is 0 Å². The van der Waals surface area contributed by atoms with E-state index >= 15 is 0 Å². The number of isocyanates is 2. The van der Waals surface area contributed by atoms with E-state index < -0.39 is 0 Å². The van der Waals surface area contributed by atoms with Crippen LogP contribution in [0.5, 0.6) is 0 Å². The van der Waals surface area contributed by atoms with E-state index in [9.17, 15) is 0 Å². The van der Waals surface area contributed by atoms with Crippen molar-refractivity contribution in [3.63, 3.8) is 0 Å². The molecule has 0 saturated heterocycles. The second-order valence-corrected chi connectivity index (χ2v) is 3.98. The lowest BCUT2D eigenvalue weighted by Gasteiger charge is -2.05. The maximum atomic E-state index is 8.35. The molecule has 2 N–H and O–H groups in total. The molecule has 2 rings (SSSR count). The second-order valence-electron chi connectivity index (χ2n) is 3.16. The molecule has 4 nitrogen and oxygen atoms in total. The maximum Gasteiger partial charge on any atom is 0.231 e. The van der Waals surface area contributed by atoms with Crippen LogP contribution in [-0.2, 0) is 9.59 Å². The van der Waals surface area contributed by atoms with E-state index in [4.69, 9.17) is 43.6 Å². The summed E-state index contributed by atoms with van der Waals surface area (Å²) in [7, 11) is 0. The van der Waals surface area contributed by atoms with Gasteiger partial charge in [-0.2, -0.15) is 0 Å². The first-order valence-corrected chi connectivity index (χ1v) is 5.95. The summed E-state index contributed by atoms with van der Waals surface area (Å²) in [5, 5.41) is 12.3. The van der Waals surface area contributed by atoms with Crippen LogP contribution in [-0.4, -0.2) is 12.2 Å². The fourth-order valence-electron chi connectivity index (χ4n) is 1.36. The predicted molar refractivity (Wildman–Crippen MR) is 78.7 cm³/mol. The summed E-state index contributed by atoms with van der Waals surface area (Å²) in [5.41, 5.74) is 1.94. The van der Waals surface area contributed by atoms with Crippen LogP contribution < -0.4 is 0 Å². The van der Waals surface area contributed by atoms with E-state index in [2.05, 4.69) is 0 Å². The van der Waals surface area contributed by atoms with Crippen LogP contribution in [0.25, 0.3) is 11.1 Å². The highest BCUT2D eigenvalue weighted by Crippen LogP contribution is 2.32. The zero-order valence-corrected chi connectivity index (χ0v) is 11.7. The lowest BCUT2D eigenvalue weighted by molar-refractivity contribution is 0.562. The summed E-state index contributed by atoms with van der Waals surface area (Å²) < 4.78 is 0. The van der Waals surface area contributed by atoms with E-state index in [1.807, 2.05) is 48.5 Å². The minimum absolute atomic E-state index is 0.723. The van der Waals surface area contributed by atoms with Gasteiger partial charge in [-0.05, 0) is 12.1 Å². The minimum Gasteiger partial charge on any atom is -0.222 e. The molecule has 0 saturated carbocycles. The van der Waals surface area contributed by atoms with Crippen molar-refractivity contribution in [2.45, 2.75) is 0 Å². The van der Waals surface area contributed by atoms with Crippen molar-refractivity contribution in [2.24, 2.45) is 0 Å². The van der Waals surface area contributed by atoms with Gasteiger partial charge in [-0.25, -0.2) is 20.4 Å². The van der Waals surface area contributed by atoms with Crippen LogP contribution in [0.1, 0.15) is 0 Å². The first-order valence-electron chi connectivity index (χ1n) is 5.19. The van der Waals surface area contributed by atoms with E-state index in [1.165, 1.54) is 0 Å². The Balaban J connectivity index is 0.000000520. The molecule has 0 heterocycles. The Morgan fingerprint density at radius 2 is 0.950 bits per heavy atom. The summed E-state index contributed by atoms with van der Waals surface area (Å²) in [4.78, 5) is 16.7. The average Bonchev–Trinajstić information content (AvgIpc) is 2.42. The van der Waals surface area contributed by atoms with Crippen molar-refractivity contribution >= 4 is 35.4 Å². The number of rotatable bonds is 1. The van der Waals surface area contributed by atoms with Gasteiger partial charge in [0, 0.05) is 21.2 Å². The molecule has 0 fully saturated rings. The zero-order valence-electron chi connectivity index (χ0n) is 10.2. The lowest BCUT2D eigenvalue weighted by Crippen LogP contribution is -1.79. The quantitative estimate of drug-likeness (QED) is 0.602. The van der Waals surface area contributed by atoms with Gasteiger partial charge in [-0.3, -0.25) is 0 Å². The number of carbonyl (C=O) groups excluding carboxylic acids is 2. The maximum absolute atomic E-state index is 8.35. The molecule has 0 atom stereocenters. The highest BCUT2D eigenvalue weighted by atomic mass is 35.5. The standard InChI is InChI=1S/C12H8Cl2.2CHNO/c13-11-7-3-1-5-9(11)10-6-2-4-8-12(10)14;2*2-1-3/h1-8H;2*2H. The molecule has 0 aliphatic heterocycles. The highest BCUT2D eigenvalue weighted by molar-refractivity contribution is 6.36. The average molecular weight is 309 g/mol. The van der Waals surface area contributed by atoms with Gasteiger partial charge < -0.3 is 0 Å². The SMILES string of the molecule is Clc1ccccc1-c1ccccc1Cl.N=C=O.N=C=O. The summed E-state index contributed by atoms with van der Waals surface area (Å²) in [6.07, 6.45) is 1.50. The lowest BCUT2D eigenvalue weighted by atomic mass is 10.1. The Kier molecular flexibility index (Phi) is 9.49. The summed E-state index contributed by atoms with van der Waals surface area (Å²) in [6.45, 7) is 0. The smallest absolute Gasteiger partial charge is 0.222 e.